The molecule has 0 spiro atoms. The Morgan fingerprint density at radius 3 is 2.62 bits per heavy atom. The Kier molecular flexibility index (Phi) is 6.87. The molecule has 0 bridgehead atoms. The SMILES string of the molecule is CN=C(NCc1cc2ccccc2[nH]1)NCc1nc(C(F)(F)F)cs1.I. The average Bonchev–Trinajstić information content (AvgIpc) is 3.21. The number of nitrogens with zero attached hydrogens (tertiary/aromatic N) is 2. The van der Waals surface area contributed by atoms with E-state index in [0.29, 0.717) is 17.5 Å². The monoisotopic (exact) mass is 495 g/mol. The zero-order valence-electron chi connectivity index (χ0n) is 13.7. The second-order valence-electron chi connectivity index (χ2n) is 5.29. The van der Waals surface area contributed by atoms with Gasteiger partial charge in [0.25, 0.3) is 0 Å². The second-order valence-corrected chi connectivity index (χ2v) is 6.23. The van der Waals surface area contributed by atoms with Gasteiger partial charge in [0.05, 0.1) is 13.1 Å². The van der Waals surface area contributed by atoms with Crippen molar-refractivity contribution >= 4 is 52.2 Å². The van der Waals surface area contributed by atoms with Gasteiger partial charge in [0.1, 0.15) is 5.01 Å². The van der Waals surface area contributed by atoms with Gasteiger partial charge in [0.2, 0.25) is 0 Å². The molecule has 0 radical (unpaired) electrons. The normalized spacial score (nSPS) is 12.1. The molecule has 1 aromatic carbocycles. The molecule has 0 fully saturated rings. The van der Waals surface area contributed by atoms with Crippen molar-refractivity contribution in [3.05, 3.63) is 52.1 Å². The van der Waals surface area contributed by atoms with Gasteiger partial charge in [-0.3, -0.25) is 4.99 Å². The first-order chi connectivity index (χ1) is 12.0. The lowest BCUT2D eigenvalue weighted by atomic mass is 10.2. The highest BCUT2D eigenvalue weighted by Crippen LogP contribution is 2.29. The minimum Gasteiger partial charge on any atom is -0.357 e. The third-order valence-corrected chi connectivity index (χ3v) is 4.35. The third-order valence-electron chi connectivity index (χ3n) is 3.50. The summed E-state index contributed by atoms with van der Waals surface area (Å²) in [7, 11) is 1.60. The van der Waals surface area contributed by atoms with Crippen LogP contribution < -0.4 is 10.6 Å². The zero-order chi connectivity index (χ0) is 17.9. The van der Waals surface area contributed by atoms with Crippen LogP contribution in [0.3, 0.4) is 0 Å². The number of rotatable bonds is 4. The lowest BCUT2D eigenvalue weighted by Gasteiger charge is -2.10. The molecule has 0 saturated carbocycles. The van der Waals surface area contributed by atoms with Gasteiger partial charge in [-0.15, -0.1) is 35.3 Å². The third kappa shape index (κ3) is 5.10. The summed E-state index contributed by atoms with van der Waals surface area (Å²) in [5.74, 6) is 0.488. The number of H-pyrrole nitrogens is 1. The fourth-order valence-electron chi connectivity index (χ4n) is 2.31. The molecule has 0 saturated heterocycles. The standard InChI is InChI=1S/C16H16F3N5S.HI/c1-20-15(22-8-14-24-13(9-25-14)16(17,18)19)21-7-11-6-10-4-2-3-5-12(10)23-11;/h2-6,9,23H,7-8H2,1H3,(H2,20,21,22);1H. The molecule has 0 unspecified atom stereocenters. The van der Waals surface area contributed by atoms with Gasteiger partial charge in [0, 0.05) is 23.6 Å². The van der Waals surface area contributed by atoms with E-state index in [1.807, 2.05) is 30.3 Å². The van der Waals surface area contributed by atoms with E-state index in [1.165, 1.54) is 0 Å². The van der Waals surface area contributed by atoms with Crippen molar-refractivity contribution in [1.29, 1.82) is 0 Å². The van der Waals surface area contributed by atoms with Crippen molar-refractivity contribution < 1.29 is 13.2 Å². The highest BCUT2D eigenvalue weighted by molar-refractivity contribution is 14.0. The van der Waals surface area contributed by atoms with Gasteiger partial charge < -0.3 is 15.6 Å². The van der Waals surface area contributed by atoms with E-state index in [0.717, 1.165) is 33.3 Å². The number of alkyl halides is 3. The summed E-state index contributed by atoms with van der Waals surface area (Å²) in [4.78, 5) is 10.9. The van der Waals surface area contributed by atoms with Gasteiger partial charge in [-0.25, -0.2) is 4.98 Å². The zero-order valence-corrected chi connectivity index (χ0v) is 16.9. The van der Waals surface area contributed by atoms with Crippen molar-refractivity contribution in [2.24, 2.45) is 4.99 Å². The first-order valence-corrected chi connectivity index (χ1v) is 8.36. The molecule has 0 aliphatic rings. The highest BCUT2D eigenvalue weighted by Gasteiger charge is 2.33. The number of fused-ring (bicyclic) bond motifs is 1. The number of aromatic nitrogens is 2. The first kappa shape index (κ1) is 20.5. The number of hydrogen-bond donors (Lipinski definition) is 3. The van der Waals surface area contributed by atoms with Crippen LogP contribution in [0, 0.1) is 0 Å². The molecule has 3 N–H and O–H groups in total. The molecule has 2 heterocycles. The smallest absolute Gasteiger partial charge is 0.357 e. The van der Waals surface area contributed by atoms with E-state index in [9.17, 15) is 13.2 Å². The van der Waals surface area contributed by atoms with Crippen molar-refractivity contribution in [2.75, 3.05) is 7.05 Å². The van der Waals surface area contributed by atoms with E-state index < -0.39 is 11.9 Å². The van der Waals surface area contributed by atoms with Crippen LogP contribution in [-0.4, -0.2) is 23.0 Å². The van der Waals surface area contributed by atoms with E-state index >= 15 is 0 Å². The Labute approximate surface area is 169 Å². The van der Waals surface area contributed by atoms with Crippen LogP contribution in [0.5, 0.6) is 0 Å². The average molecular weight is 495 g/mol. The number of thiazole rings is 1. The van der Waals surface area contributed by atoms with Crippen LogP contribution in [0.4, 0.5) is 13.2 Å². The molecule has 3 rings (SSSR count). The van der Waals surface area contributed by atoms with Crippen LogP contribution in [0.1, 0.15) is 16.4 Å². The lowest BCUT2D eigenvalue weighted by molar-refractivity contribution is -0.140. The number of aliphatic imine (C=N–C) groups is 1. The Morgan fingerprint density at radius 1 is 1.23 bits per heavy atom. The number of guanidine groups is 1. The number of halogens is 4. The molecule has 0 aliphatic carbocycles. The predicted molar refractivity (Wildman–Crippen MR) is 108 cm³/mol. The summed E-state index contributed by atoms with van der Waals surface area (Å²) in [5.41, 5.74) is 1.16. The minimum absolute atomic E-state index is 0. The van der Waals surface area contributed by atoms with Gasteiger partial charge in [-0.1, -0.05) is 18.2 Å². The predicted octanol–water partition coefficient (Wildman–Crippen LogP) is 4.13. The summed E-state index contributed by atoms with van der Waals surface area (Å²) >= 11 is 0.964. The molecule has 0 atom stereocenters. The molecule has 140 valence electrons. The molecule has 0 amide bonds. The van der Waals surface area contributed by atoms with Gasteiger partial charge >= 0.3 is 6.18 Å². The van der Waals surface area contributed by atoms with Gasteiger partial charge in [-0.05, 0) is 17.5 Å². The Morgan fingerprint density at radius 2 is 1.96 bits per heavy atom. The topological polar surface area (TPSA) is 65.1 Å². The quantitative estimate of drug-likeness (QED) is 0.290. The van der Waals surface area contributed by atoms with Crippen LogP contribution >= 0.6 is 35.3 Å². The fraction of sp³-hybridized carbons (Fsp3) is 0.250. The highest BCUT2D eigenvalue weighted by atomic mass is 127. The van der Waals surface area contributed by atoms with Crippen LogP contribution in [0.25, 0.3) is 10.9 Å². The van der Waals surface area contributed by atoms with E-state index in [-0.39, 0.29) is 30.5 Å². The van der Waals surface area contributed by atoms with Crippen molar-refractivity contribution in [3.8, 4) is 0 Å². The number of benzene rings is 1. The first-order valence-electron chi connectivity index (χ1n) is 7.48. The van der Waals surface area contributed by atoms with Crippen molar-refractivity contribution in [3.63, 3.8) is 0 Å². The van der Waals surface area contributed by atoms with Gasteiger partial charge in [-0.2, -0.15) is 13.2 Å². The van der Waals surface area contributed by atoms with Crippen LogP contribution in [0.2, 0.25) is 0 Å². The summed E-state index contributed by atoms with van der Waals surface area (Å²) in [5, 5.41) is 8.55. The fourth-order valence-corrected chi connectivity index (χ4v) is 3.05. The molecule has 10 heteroatoms. The molecule has 5 nitrogen and oxygen atoms in total. The van der Waals surface area contributed by atoms with Crippen molar-refractivity contribution in [1.82, 2.24) is 20.6 Å². The van der Waals surface area contributed by atoms with E-state index in [1.54, 1.807) is 7.05 Å². The Bertz CT molecular complexity index is 854. The second kappa shape index (κ2) is 8.71. The molecular weight excluding hydrogens is 478 g/mol. The maximum Gasteiger partial charge on any atom is 0.434 e. The maximum absolute atomic E-state index is 12.5. The number of aromatic amines is 1. The number of nitrogens with one attached hydrogen (secondary N) is 3. The number of para-hydroxylation sites is 1. The molecule has 0 aliphatic heterocycles. The van der Waals surface area contributed by atoms with E-state index in [2.05, 4.69) is 25.6 Å². The molecule has 26 heavy (non-hydrogen) atoms. The van der Waals surface area contributed by atoms with Crippen molar-refractivity contribution in [2.45, 2.75) is 19.3 Å². The minimum atomic E-state index is -4.41. The molecule has 3 aromatic rings. The lowest BCUT2D eigenvalue weighted by Crippen LogP contribution is -2.36. The summed E-state index contributed by atoms with van der Waals surface area (Å²) in [6, 6.07) is 9.97. The largest absolute Gasteiger partial charge is 0.434 e. The summed E-state index contributed by atoms with van der Waals surface area (Å²) < 4.78 is 37.6. The molecule has 2 aromatic heterocycles. The summed E-state index contributed by atoms with van der Waals surface area (Å²) in [6.07, 6.45) is -4.41. The maximum atomic E-state index is 12.5. The van der Waals surface area contributed by atoms with Gasteiger partial charge in [0.15, 0.2) is 11.7 Å². The van der Waals surface area contributed by atoms with Crippen LogP contribution in [0.15, 0.2) is 40.7 Å². The molecular formula is C16H17F3IN5S. The number of hydrogen-bond acceptors (Lipinski definition) is 3. The van der Waals surface area contributed by atoms with Crippen LogP contribution in [-0.2, 0) is 19.3 Å². The Balaban J connectivity index is 0.00000243. The summed E-state index contributed by atoms with van der Waals surface area (Å²) in [6.45, 7) is 0.688. The van der Waals surface area contributed by atoms with E-state index in [4.69, 9.17) is 0 Å². The Hall–Kier alpha value is -1.82.